The van der Waals surface area contributed by atoms with Crippen LogP contribution in [0.25, 0.3) is 10.9 Å². The Morgan fingerprint density at radius 2 is 2.12 bits per heavy atom. The zero-order chi connectivity index (χ0) is 11.3. The van der Waals surface area contributed by atoms with Gasteiger partial charge in [0.25, 0.3) is 0 Å². The maximum atomic E-state index is 13.7. The van der Waals surface area contributed by atoms with E-state index in [0.29, 0.717) is 15.9 Å². The number of aromatic nitrogens is 1. The van der Waals surface area contributed by atoms with Crippen molar-refractivity contribution in [1.29, 1.82) is 0 Å². The SMILES string of the molecule is Fc1ccc(Br)c2c(Cl)c3c(nc12)CCC3. The van der Waals surface area contributed by atoms with E-state index in [1.54, 1.807) is 6.07 Å². The van der Waals surface area contributed by atoms with E-state index >= 15 is 0 Å². The van der Waals surface area contributed by atoms with Crippen LogP contribution < -0.4 is 0 Å². The minimum atomic E-state index is -0.310. The quantitative estimate of drug-likeness (QED) is 0.708. The molecule has 0 atom stereocenters. The van der Waals surface area contributed by atoms with Crippen molar-refractivity contribution < 1.29 is 4.39 Å². The summed E-state index contributed by atoms with van der Waals surface area (Å²) >= 11 is 9.73. The molecule has 1 nitrogen and oxygen atoms in total. The van der Waals surface area contributed by atoms with Gasteiger partial charge in [0.05, 0.1) is 5.02 Å². The molecule has 2 aromatic rings. The Labute approximate surface area is 106 Å². The molecule has 0 bridgehead atoms. The molecule has 16 heavy (non-hydrogen) atoms. The van der Waals surface area contributed by atoms with Crippen LogP contribution in [-0.2, 0) is 12.8 Å². The Balaban J connectivity index is 2.50. The van der Waals surface area contributed by atoms with E-state index in [2.05, 4.69) is 20.9 Å². The fourth-order valence-corrected chi connectivity index (χ4v) is 3.26. The van der Waals surface area contributed by atoms with Crippen molar-refractivity contribution in [3.63, 3.8) is 0 Å². The Kier molecular flexibility index (Phi) is 2.41. The first-order chi connectivity index (χ1) is 7.68. The van der Waals surface area contributed by atoms with E-state index in [-0.39, 0.29) is 5.82 Å². The van der Waals surface area contributed by atoms with Crippen molar-refractivity contribution in [3.8, 4) is 0 Å². The zero-order valence-corrected chi connectivity index (χ0v) is 10.7. The predicted molar refractivity (Wildman–Crippen MR) is 66.4 cm³/mol. The fourth-order valence-electron chi connectivity index (χ4n) is 2.23. The van der Waals surface area contributed by atoms with Gasteiger partial charge >= 0.3 is 0 Å². The summed E-state index contributed by atoms with van der Waals surface area (Å²) in [5, 5.41) is 1.35. The summed E-state index contributed by atoms with van der Waals surface area (Å²) in [5.74, 6) is -0.310. The molecule has 0 N–H and O–H groups in total. The van der Waals surface area contributed by atoms with Gasteiger partial charge in [-0.05, 0) is 37.0 Å². The van der Waals surface area contributed by atoms with Crippen molar-refractivity contribution in [2.24, 2.45) is 0 Å². The van der Waals surface area contributed by atoms with Crippen LogP contribution in [0.2, 0.25) is 5.02 Å². The van der Waals surface area contributed by atoms with Crippen LogP contribution >= 0.6 is 27.5 Å². The van der Waals surface area contributed by atoms with Crippen molar-refractivity contribution in [2.75, 3.05) is 0 Å². The Hall–Kier alpha value is -0.670. The lowest BCUT2D eigenvalue weighted by atomic mass is 10.1. The lowest BCUT2D eigenvalue weighted by Crippen LogP contribution is -1.94. The fraction of sp³-hybridized carbons (Fsp3) is 0.250. The minimum absolute atomic E-state index is 0.310. The van der Waals surface area contributed by atoms with Crippen molar-refractivity contribution in [1.82, 2.24) is 4.98 Å². The summed E-state index contributed by atoms with van der Waals surface area (Å²) < 4.78 is 14.5. The maximum absolute atomic E-state index is 13.7. The van der Waals surface area contributed by atoms with E-state index < -0.39 is 0 Å². The number of hydrogen-bond donors (Lipinski definition) is 0. The highest BCUT2D eigenvalue weighted by Crippen LogP contribution is 2.37. The smallest absolute Gasteiger partial charge is 0.149 e. The second-order valence-corrected chi connectivity index (χ2v) is 5.19. The van der Waals surface area contributed by atoms with Gasteiger partial charge in [-0.3, -0.25) is 0 Å². The number of aryl methyl sites for hydroxylation is 1. The van der Waals surface area contributed by atoms with Crippen LogP contribution in [0.1, 0.15) is 17.7 Å². The molecule has 3 rings (SSSR count). The van der Waals surface area contributed by atoms with Crippen LogP contribution in [0.5, 0.6) is 0 Å². The molecule has 0 fully saturated rings. The summed E-state index contributed by atoms with van der Waals surface area (Å²) in [5.41, 5.74) is 2.41. The highest BCUT2D eigenvalue weighted by Gasteiger charge is 2.21. The lowest BCUT2D eigenvalue weighted by Gasteiger charge is -2.08. The van der Waals surface area contributed by atoms with Crippen molar-refractivity contribution in [3.05, 3.63) is 38.7 Å². The Morgan fingerprint density at radius 1 is 1.31 bits per heavy atom. The molecule has 82 valence electrons. The first-order valence-electron chi connectivity index (χ1n) is 5.13. The van der Waals surface area contributed by atoms with Gasteiger partial charge in [-0.2, -0.15) is 0 Å². The lowest BCUT2D eigenvalue weighted by molar-refractivity contribution is 0.636. The molecule has 0 unspecified atom stereocenters. The van der Waals surface area contributed by atoms with Gasteiger partial charge in [0, 0.05) is 15.6 Å². The largest absolute Gasteiger partial charge is 0.249 e. The van der Waals surface area contributed by atoms with E-state index in [4.69, 9.17) is 11.6 Å². The molecule has 0 amide bonds. The van der Waals surface area contributed by atoms with Gasteiger partial charge in [0.2, 0.25) is 0 Å². The third-order valence-corrected chi connectivity index (χ3v) is 4.08. The number of fused-ring (bicyclic) bond motifs is 2. The molecule has 0 spiro atoms. The minimum Gasteiger partial charge on any atom is -0.249 e. The first-order valence-corrected chi connectivity index (χ1v) is 6.30. The maximum Gasteiger partial charge on any atom is 0.149 e. The molecule has 1 aliphatic rings. The van der Waals surface area contributed by atoms with Gasteiger partial charge in [0.15, 0.2) is 0 Å². The van der Waals surface area contributed by atoms with Gasteiger partial charge < -0.3 is 0 Å². The van der Waals surface area contributed by atoms with Crippen molar-refractivity contribution >= 4 is 38.4 Å². The molecule has 0 saturated carbocycles. The van der Waals surface area contributed by atoms with Gasteiger partial charge in [0.1, 0.15) is 11.3 Å². The number of hydrogen-bond acceptors (Lipinski definition) is 1. The van der Waals surface area contributed by atoms with E-state index in [1.165, 1.54) is 6.07 Å². The van der Waals surface area contributed by atoms with Crippen LogP contribution in [-0.4, -0.2) is 4.98 Å². The summed E-state index contributed by atoms with van der Waals surface area (Å²) in [6.45, 7) is 0. The number of halogens is 3. The Morgan fingerprint density at radius 3 is 2.94 bits per heavy atom. The molecule has 1 aromatic heterocycles. The summed E-state index contributed by atoms with van der Waals surface area (Å²) in [7, 11) is 0. The second kappa shape index (κ2) is 3.67. The highest BCUT2D eigenvalue weighted by molar-refractivity contribution is 9.10. The molecule has 0 aliphatic heterocycles. The van der Waals surface area contributed by atoms with Crippen molar-refractivity contribution in [2.45, 2.75) is 19.3 Å². The summed E-state index contributed by atoms with van der Waals surface area (Å²) in [4.78, 5) is 4.39. The number of rotatable bonds is 0. The summed E-state index contributed by atoms with van der Waals surface area (Å²) in [6, 6.07) is 3.09. The summed E-state index contributed by atoms with van der Waals surface area (Å²) in [6.07, 6.45) is 2.90. The molecule has 4 heteroatoms. The van der Waals surface area contributed by atoms with E-state index in [0.717, 1.165) is 35.0 Å². The topological polar surface area (TPSA) is 12.9 Å². The molecular weight excluding hydrogens is 292 g/mol. The van der Waals surface area contributed by atoms with Crippen LogP contribution in [0.4, 0.5) is 4.39 Å². The third-order valence-electron chi connectivity index (χ3n) is 3.00. The van der Waals surface area contributed by atoms with Crippen LogP contribution in [0.3, 0.4) is 0 Å². The van der Waals surface area contributed by atoms with Crippen LogP contribution in [0.15, 0.2) is 16.6 Å². The Bertz CT molecular complexity index is 597. The molecule has 0 saturated heterocycles. The zero-order valence-electron chi connectivity index (χ0n) is 8.36. The third kappa shape index (κ3) is 1.38. The standard InChI is InChI=1S/C12H8BrClFN/c13-7-4-5-8(15)12-10(7)11(14)6-2-1-3-9(6)16-12/h4-5H,1-3H2. The number of nitrogens with zero attached hydrogens (tertiary/aromatic N) is 1. The monoisotopic (exact) mass is 299 g/mol. The van der Waals surface area contributed by atoms with E-state index in [9.17, 15) is 4.39 Å². The molecule has 0 radical (unpaired) electrons. The van der Waals surface area contributed by atoms with Gasteiger partial charge in [-0.15, -0.1) is 0 Å². The molecular formula is C12H8BrClFN. The van der Waals surface area contributed by atoms with Gasteiger partial charge in [-0.25, -0.2) is 9.37 Å². The van der Waals surface area contributed by atoms with E-state index in [1.807, 2.05) is 0 Å². The normalized spacial score (nSPS) is 14.4. The number of benzene rings is 1. The second-order valence-electron chi connectivity index (χ2n) is 3.96. The highest BCUT2D eigenvalue weighted by atomic mass is 79.9. The molecule has 1 aliphatic carbocycles. The van der Waals surface area contributed by atoms with Gasteiger partial charge in [-0.1, -0.05) is 27.5 Å². The van der Waals surface area contributed by atoms with Crippen LogP contribution in [0, 0.1) is 5.82 Å². The predicted octanol–water partition coefficient (Wildman–Crippen LogP) is 4.28. The molecule has 1 aromatic carbocycles. The first kappa shape index (κ1) is 10.5. The number of pyridine rings is 1. The molecule has 1 heterocycles. The average Bonchev–Trinajstić information content (AvgIpc) is 2.72. The average molecular weight is 301 g/mol.